The second kappa shape index (κ2) is 29.7. The van der Waals surface area contributed by atoms with Crippen LogP contribution < -0.4 is 17.2 Å². The Bertz CT molecular complexity index is 1030. The number of carbonyl (C=O) groups excluding carboxylic acids is 3. The molecule has 0 aliphatic rings. The molecule has 3 unspecified atom stereocenters. The topological polar surface area (TPSA) is 241 Å². The van der Waals surface area contributed by atoms with Crippen LogP contribution in [0.4, 0.5) is 0 Å². The van der Waals surface area contributed by atoms with E-state index in [1.54, 1.807) is 0 Å². The van der Waals surface area contributed by atoms with Crippen molar-refractivity contribution in [2.45, 2.75) is 139 Å². The second-order valence-corrected chi connectivity index (χ2v) is 15.0. The molecule has 12 nitrogen and oxygen atoms in total. The number of carboxylic acid groups (broad SMARTS) is 3. The van der Waals surface area contributed by atoms with Crippen molar-refractivity contribution < 1.29 is 44.1 Å². The summed E-state index contributed by atoms with van der Waals surface area (Å²) in [5.41, 5.74) is 14.2. The maximum atomic E-state index is 10.6. The third kappa shape index (κ3) is 35.7. The summed E-state index contributed by atoms with van der Waals surface area (Å²) < 4.78 is 0. The Morgan fingerprint density at radius 3 is 0.765 bits per heavy atom. The van der Waals surface area contributed by atoms with Gasteiger partial charge in [0.2, 0.25) is 17.7 Å². The minimum atomic E-state index is -1.37. The van der Waals surface area contributed by atoms with Crippen LogP contribution in [0.2, 0.25) is 0 Å². The van der Waals surface area contributed by atoms with Gasteiger partial charge in [-0.05, 0) is 53.7 Å². The van der Waals surface area contributed by atoms with Crippen molar-refractivity contribution in [2.24, 2.45) is 52.7 Å². The molecule has 1 aromatic rings. The number of carboxylic acids is 3. The lowest BCUT2D eigenvalue weighted by molar-refractivity contribution is -0.119. The first kappa shape index (κ1) is 51.4. The highest BCUT2D eigenvalue weighted by atomic mass is 16.4. The molecule has 0 saturated heterocycles. The molecule has 294 valence electrons. The molecule has 0 radical (unpaired) electrons. The fourth-order valence-electron chi connectivity index (χ4n) is 4.96. The van der Waals surface area contributed by atoms with Gasteiger partial charge in [0.25, 0.3) is 0 Å². The van der Waals surface area contributed by atoms with E-state index in [0.717, 1.165) is 55.2 Å². The van der Waals surface area contributed by atoms with Crippen molar-refractivity contribution in [1.82, 2.24) is 0 Å². The molecule has 0 aromatic heterocycles. The Kier molecular flexibility index (Phi) is 30.0. The van der Waals surface area contributed by atoms with Gasteiger partial charge in [0.15, 0.2) is 0 Å². The number of rotatable bonds is 21. The molecule has 0 aliphatic carbocycles. The van der Waals surface area contributed by atoms with E-state index in [0.29, 0.717) is 37.0 Å². The van der Waals surface area contributed by atoms with Crippen LogP contribution in [-0.4, -0.2) is 50.9 Å². The lowest BCUT2D eigenvalue weighted by Gasteiger charge is -2.09. The van der Waals surface area contributed by atoms with Gasteiger partial charge in [-0.25, -0.2) is 14.4 Å². The highest BCUT2D eigenvalue weighted by Gasteiger charge is 2.14. The minimum Gasteiger partial charge on any atom is -0.478 e. The van der Waals surface area contributed by atoms with Gasteiger partial charge in [0, 0.05) is 19.3 Å². The van der Waals surface area contributed by atoms with Crippen molar-refractivity contribution in [3.8, 4) is 0 Å². The van der Waals surface area contributed by atoms with E-state index < -0.39 is 17.9 Å². The molecule has 1 rings (SSSR count). The average molecular weight is 724 g/mol. The van der Waals surface area contributed by atoms with Crippen LogP contribution in [0.5, 0.6) is 0 Å². The summed E-state index contributed by atoms with van der Waals surface area (Å²) in [6.07, 6.45) is 12.4. The standard InChI is InChI=1S/3C10H21NO.C9H6O6/c3*1-8(2)5-4-6-9(3)7-10(11)12;10-7(11)4-1-5(8(12)13)3-6(2-4)9(14)15/h3*8-9H,4-7H2,1-3H3,(H2,11,12);1-3H,(H,10,11)(H,12,13)(H,14,15). The Morgan fingerprint density at radius 2 is 0.627 bits per heavy atom. The average Bonchev–Trinajstić information content (AvgIpc) is 2.96. The summed E-state index contributed by atoms with van der Waals surface area (Å²) in [6.45, 7) is 19.6. The maximum Gasteiger partial charge on any atom is 0.335 e. The predicted octanol–water partition coefficient (Wildman–Crippen LogP) is 7.75. The molecule has 9 N–H and O–H groups in total. The quantitative estimate of drug-likeness (QED) is 0.0725. The summed E-state index contributed by atoms with van der Waals surface area (Å²) in [7, 11) is 0. The zero-order chi connectivity index (χ0) is 40.3. The summed E-state index contributed by atoms with van der Waals surface area (Å²) in [5, 5.41) is 25.8. The van der Waals surface area contributed by atoms with Crippen molar-refractivity contribution in [3.63, 3.8) is 0 Å². The third-order valence-corrected chi connectivity index (χ3v) is 7.76. The van der Waals surface area contributed by atoms with Gasteiger partial charge in [0.1, 0.15) is 0 Å². The van der Waals surface area contributed by atoms with E-state index in [-0.39, 0.29) is 34.4 Å². The van der Waals surface area contributed by atoms with Crippen molar-refractivity contribution in [3.05, 3.63) is 34.9 Å². The van der Waals surface area contributed by atoms with Crippen LogP contribution in [0, 0.1) is 35.5 Å². The molecule has 3 atom stereocenters. The van der Waals surface area contributed by atoms with E-state index in [1.165, 1.54) is 38.5 Å². The van der Waals surface area contributed by atoms with E-state index >= 15 is 0 Å². The normalized spacial score (nSPS) is 12.2. The third-order valence-electron chi connectivity index (χ3n) is 7.76. The summed E-state index contributed by atoms with van der Waals surface area (Å²) >= 11 is 0. The smallest absolute Gasteiger partial charge is 0.335 e. The highest BCUT2D eigenvalue weighted by molar-refractivity contribution is 5.98. The molecule has 51 heavy (non-hydrogen) atoms. The number of carbonyl (C=O) groups is 6. The van der Waals surface area contributed by atoms with Gasteiger partial charge in [-0.2, -0.15) is 0 Å². The predicted molar refractivity (Wildman–Crippen MR) is 202 cm³/mol. The number of hydrogen-bond donors (Lipinski definition) is 6. The lowest BCUT2D eigenvalue weighted by atomic mass is 9.97. The number of hydrogen-bond acceptors (Lipinski definition) is 6. The van der Waals surface area contributed by atoms with Crippen LogP contribution >= 0.6 is 0 Å². The molecular weight excluding hydrogens is 654 g/mol. The minimum absolute atomic E-state index is 0.174. The molecule has 3 amide bonds. The van der Waals surface area contributed by atoms with Crippen molar-refractivity contribution in [2.75, 3.05) is 0 Å². The van der Waals surface area contributed by atoms with E-state index in [2.05, 4.69) is 62.3 Å². The van der Waals surface area contributed by atoms with Gasteiger partial charge in [-0.1, -0.05) is 120 Å². The van der Waals surface area contributed by atoms with Crippen LogP contribution in [-0.2, 0) is 14.4 Å². The van der Waals surface area contributed by atoms with Crippen molar-refractivity contribution >= 4 is 35.6 Å². The SMILES string of the molecule is CC(C)CCCC(C)CC(N)=O.CC(C)CCCC(C)CC(N)=O.CC(C)CCCC(C)CC(N)=O.O=C(O)c1cc(C(=O)O)cc(C(=O)O)c1. The van der Waals surface area contributed by atoms with Crippen LogP contribution in [0.3, 0.4) is 0 Å². The Balaban J connectivity index is -0.000000606. The number of aromatic carboxylic acids is 3. The first-order valence-corrected chi connectivity index (χ1v) is 18.2. The van der Waals surface area contributed by atoms with E-state index in [4.69, 9.17) is 32.5 Å². The summed E-state index contributed by atoms with van der Waals surface area (Å²) in [5.74, 6) is -0.959. The van der Waals surface area contributed by atoms with Crippen LogP contribution in [0.15, 0.2) is 18.2 Å². The van der Waals surface area contributed by atoms with E-state index in [9.17, 15) is 28.8 Å². The van der Waals surface area contributed by atoms with Gasteiger partial charge >= 0.3 is 17.9 Å². The van der Waals surface area contributed by atoms with Crippen LogP contribution in [0.1, 0.15) is 170 Å². The zero-order valence-electron chi connectivity index (χ0n) is 32.7. The molecule has 0 bridgehead atoms. The van der Waals surface area contributed by atoms with Gasteiger partial charge in [-0.3, -0.25) is 14.4 Å². The maximum absolute atomic E-state index is 10.6. The lowest BCUT2D eigenvalue weighted by Crippen LogP contribution is -2.14. The molecule has 12 heteroatoms. The summed E-state index contributed by atoms with van der Waals surface area (Å²) in [4.78, 5) is 63.3. The molecular formula is C39H69N3O9. The molecule has 0 fully saturated rings. The summed E-state index contributed by atoms with van der Waals surface area (Å²) in [6, 6.07) is 2.70. The monoisotopic (exact) mass is 724 g/mol. The second-order valence-electron chi connectivity index (χ2n) is 15.0. The zero-order valence-corrected chi connectivity index (χ0v) is 32.7. The van der Waals surface area contributed by atoms with E-state index in [1.807, 2.05) is 0 Å². The number of primary amides is 3. The highest BCUT2D eigenvalue weighted by Crippen LogP contribution is 2.16. The molecule has 0 aliphatic heterocycles. The molecule has 0 heterocycles. The molecule has 0 saturated carbocycles. The largest absolute Gasteiger partial charge is 0.478 e. The fraction of sp³-hybridized carbons (Fsp3) is 0.692. The van der Waals surface area contributed by atoms with Crippen LogP contribution in [0.25, 0.3) is 0 Å². The first-order valence-electron chi connectivity index (χ1n) is 18.2. The Morgan fingerprint density at radius 1 is 0.431 bits per heavy atom. The Hall–Kier alpha value is -3.96. The molecule has 0 spiro atoms. The number of benzene rings is 1. The van der Waals surface area contributed by atoms with Gasteiger partial charge < -0.3 is 32.5 Å². The number of amides is 3. The molecule has 1 aromatic carbocycles. The van der Waals surface area contributed by atoms with Gasteiger partial charge in [-0.15, -0.1) is 0 Å². The number of nitrogens with two attached hydrogens (primary N) is 3. The first-order chi connectivity index (χ1) is 23.5. The van der Waals surface area contributed by atoms with Gasteiger partial charge in [0.05, 0.1) is 16.7 Å². The van der Waals surface area contributed by atoms with Crippen molar-refractivity contribution in [1.29, 1.82) is 0 Å². The Labute approximate surface area is 306 Å². The fourth-order valence-corrected chi connectivity index (χ4v) is 4.96.